The molecule has 0 aromatic heterocycles. The van der Waals surface area contributed by atoms with Crippen LogP contribution in [0.1, 0.15) is 27.2 Å². The summed E-state index contributed by atoms with van der Waals surface area (Å²) in [7, 11) is -1.19. The lowest BCUT2D eigenvalue weighted by Gasteiger charge is -2.39. The topological polar surface area (TPSA) is 35.5 Å². The van der Waals surface area contributed by atoms with Gasteiger partial charge in [0.25, 0.3) is 0 Å². The van der Waals surface area contributed by atoms with Gasteiger partial charge in [-0.15, -0.1) is 0 Å². The minimum Gasteiger partial charge on any atom is -0.464 e. The molecule has 0 aromatic rings. The molecule has 0 aliphatic carbocycles. The Morgan fingerprint density at radius 3 is 2.47 bits per heavy atom. The first-order chi connectivity index (χ1) is 6.82. The molecule has 1 fully saturated rings. The van der Waals surface area contributed by atoms with Gasteiger partial charge in [-0.2, -0.15) is 0 Å². The van der Waals surface area contributed by atoms with E-state index < -0.39 is 9.04 Å². The Bertz CT molecular complexity index is 232. The molecule has 3 nitrogen and oxygen atoms in total. The van der Waals surface area contributed by atoms with Crippen LogP contribution >= 0.6 is 0 Å². The summed E-state index contributed by atoms with van der Waals surface area (Å²) in [6.45, 7) is 11.2. The molecule has 1 heterocycles. The first-order valence-electron chi connectivity index (χ1n) is 5.64. The van der Waals surface area contributed by atoms with E-state index in [0.717, 1.165) is 6.42 Å². The van der Waals surface area contributed by atoms with E-state index in [1.54, 1.807) is 0 Å². The van der Waals surface area contributed by atoms with Crippen molar-refractivity contribution in [3.63, 3.8) is 0 Å². The van der Waals surface area contributed by atoms with Gasteiger partial charge in [-0.3, -0.25) is 0 Å². The SMILES string of the molecule is C[SiH](C)OC1C(=O)OCCC1C(C)(C)C. The molecule has 2 atom stereocenters. The zero-order valence-electron chi connectivity index (χ0n) is 10.4. The molecule has 1 aliphatic rings. The van der Waals surface area contributed by atoms with Crippen LogP contribution in [-0.2, 0) is 14.0 Å². The fourth-order valence-electron chi connectivity index (χ4n) is 2.02. The van der Waals surface area contributed by atoms with Gasteiger partial charge in [-0.1, -0.05) is 20.8 Å². The molecule has 0 amide bonds. The lowest BCUT2D eigenvalue weighted by atomic mass is 9.75. The van der Waals surface area contributed by atoms with Crippen molar-refractivity contribution in [2.45, 2.75) is 46.4 Å². The second kappa shape index (κ2) is 4.66. The number of hydrogen-bond acceptors (Lipinski definition) is 3. The van der Waals surface area contributed by atoms with E-state index in [1.165, 1.54) is 0 Å². The normalized spacial score (nSPS) is 28.0. The molecule has 1 rings (SSSR count). The van der Waals surface area contributed by atoms with Gasteiger partial charge in [-0.05, 0) is 24.9 Å². The van der Waals surface area contributed by atoms with Crippen LogP contribution in [0.25, 0.3) is 0 Å². The summed E-state index contributed by atoms with van der Waals surface area (Å²) < 4.78 is 10.9. The number of carbonyl (C=O) groups is 1. The number of rotatable bonds is 2. The van der Waals surface area contributed by atoms with E-state index in [-0.39, 0.29) is 23.4 Å². The average molecular weight is 230 g/mol. The fourth-order valence-corrected chi connectivity index (χ4v) is 2.90. The summed E-state index contributed by atoms with van der Waals surface area (Å²) in [6.07, 6.45) is 0.589. The summed E-state index contributed by atoms with van der Waals surface area (Å²) in [5.74, 6) is 0.121. The summed E-state index contributed by atoms with van der Waals surface area (Å²) in [5.41, 5.74) is 0.105. The maximum atomic E-state index is 11.7. The Labute approximate surface area is 93.9 Å². The molecular weight excluding hydrogens is 208 g/mol. The predicted molar refractivity (Wildman–Crippen MR) is 62.3 cm³/mol. The lowest BCUT2D eigenvalue weighted by Crippen LogP contribution is -2.46. The minimum absolute atomic E-state index is 0.105. The minimum atomic E-state index is -1.19. The largest absolute Gasteiger partial charge is 0.464 e. The highest BCUT2D eigenvalue weighted by Gasteiger charge is 2.41. The Kier molecular flexibility index (Phi) is 3.95. The smallest absolute Gasteiger partial charge is 0.334 e. The maximum absolute atomic E-state index is 11.7. The molecule has 0 radical (unpaired) electrons. The Morgan fingerprint density at radius 2 is 2.00 bits per heavy atom. The van der Waals surface area contributed by atoms with E-state index in [1.807, 2.05) is 0 Å². The van der Waals surface area contributed by atoms with Gasteiger partial charge < -0.3 is 9.16 Å². The first-order valence-corrected chi connectivity index (χ1v) is 8.42. The molecule has 0 bridgehead atoms. The van der Waals surface area contributed by atoms with E-state index in [2.05, 4.69) is 33.9 Å². The highest BCUT2D eigenvalue weighted by molar-refractivity contribution is 6.48. The van der Waals surface area contributed by atoms with E-state index >= 15 is 0 Å². The van der Waals surface area contributed by atoms with Crippen LogP contribution < -0.4 is 0 Å². The molecule has 15 heavy (non-hydrogen) atoms. The van der Waals surface area contributed by atoms with Crippen LogP contribution in [0.3, 0.4) is 0 Å². The van der Waals surface area contributed by atoms with Gasteiger partial charge in [0.1, 0.15) is 6.10 Å². The molecule has 88 valence electrons. The van der Waals surface area contributed by atoms with Crippen LogP contribution in [0.5, 0.6) is 0 Å². The van der Waals surface area contributed by atoms with Gasteiger partial charge in [0, 0.05) is 5.92 Å². The first kappa shape index (κ1) is 12.7. The van der Waals surface area contributed by atoms with Gasteiger partial charge in [0.05, 0.1) is 6.61 Å². The summed E-state index contributed by atoms with van der Waals surface area (Å²) >= 11 is 0. The Hall–Kier alpha value is -0.353. The van der Waals surface area contributed by atoms with E-state index in [9.17, 15) is 4.79 Å². The molecule has 0 saturated carbocycles. The quantitative estimate of drug-likeness (QED) is 0.537. The van der Waals surface area contributed by atoms with E-state index in [4.69, 9.17) is 9.16 Å². The molecule has 0 aromatic carbocycles. The second-order valence-electron chi connectivity index (χ2n) is 5.53. The third-order valence-corrected chi connectivity index (χ3v) is 3.64. The monoisotopic (exact) mass is 230 g/mol. The third-order valence-electron chi connectivity index (χ3n) is 2.80. The number of cyclic esters (lactones) is 1. The van der Waals surface area contributed by atoms with Gasteiger partial charge in [0.15, 0.2) is 9.04 Å². The number of ether oxygens (including phenoxy) is 1. The fraction of sp³-hybridized carbons (Fsp3) is 0.909. The molecule has 1 saturated heterocycles. The number of carbonyl (C=O) groups excluding carboxylic acids is 1. The van der Waals surface area contributed by atoms with Crippen molar-refractivity contribution in [2.24, 2.45) is 11.3 Å². The zero-order valence-corrected chi connectivity index (χ0v) is 11.5. The van der Waals surface area contributed by atoms with Crippen molar-refractivity contribution in [3.05, 3.63) is 0 Å². The highest BCUT2D eigenvalue weighted by atomic mass is 28.3. The lowest BCUT2D eigenvalue weighted by molar-refractivity contribution is -0.166. The molecule has 4 heteroatoms. The van der Waals surface area contributed by atoms with Crippen molar-refractivity contribution in [2.75, 3.05) is 6.61 Å². The molecule has 0 N–H and O–H groups in total. The van der Waals surface area contributed by atoms with Crippen LogP contribution in [0.15, 0.2) is 0 Å². The van der Waals surface area contributed by atoms with Crippen LogP contribution in [-0.4, -0.2) is 27.7 Å². The Morgan fingerprint density at radius 1 is 1.40 bits per heavy atom. The van der Waals surface area contributed by atoms with Crippen LogP contribution in [0.4, 0.5) is 0 Å². The molecule has 1 aliphatic heterocycles. The van der Waals surface area contributed by atoms with Crippen molar-refractivity contribution in [1.29, 1.82) is 0 Å². The number of hydrogen-bond donors (Lipinski definition) is 0. The van der Waals surface area contributed by atoms with Crippen molar-refractivity contribution in [3.8, 4) is 0 Å². The van der Waals surface area contributed by atoms with Crippen LogP contribution in [0.2, 0.25) is 13.1 Å². The average Bonchev–Trinajstić information content (AvgIpc) is 2.05. The Balaban J connectivity index is 2.78. The van der Waals surface area contributed by atoms with Gasteiger partial charge in [0.2, 0.25) is 0 Å². The van der Waals surface area contributed by atoms with Gasteiger partial charge in [-0.25, -0.2) is 4.79 Å². The van der Waals surface area contributed by atoms with E-state index in [0.29, 0.717) is 6.61 Å². The third kappa shape index (κ3) is 3.31. The van der Waals surface area contributed by atoms with Gasteiger partial charge >= 0.3 is 5.97 Å². The zero-order chi connectivity index (χ0) is 11.6. The summed E-state index contributed by atoms with van der Waals surface area (Å²) in [5, 5.41) is 0. The second-order valence-corrected chi connectivity index (χ2v) is 7.90. The molecule has 0 spiro atoms. The van der Waals surface area contributed by atoms with Crippen molar-refractivity contribution in [1.82, 2.24) is 0 Å². The standard InChI is InChI=1S/C11H22O3Si/c1-11(2,3)8-6-7-13-10(12)9(8)14-15(4)5/h8-9,15H,6-7H2,1-5H3. The number of esters is 1. The van der Waals surface area contributed by atoms with Crippen molar-refractivity contribution < 1.29 is 14.0 Å². The summed E-state index contributed by atoms with van der Waals surface area (Å²) in [4.78, 5) is 11.7. The van der Waals surface area contributed by atoms with Crippen LogP contribution in [0, 0.1) is 11.3 Å². The maximum Gasteiger partial charge on any atom is 0.334 e. The van der Waals surface area contributed by atoms with Crippen molar-refractivity contribution >= 4 is 15.0 Å². The highest BCUT2D eigenvalue weighted by Crippen LogP contribution is 2.36. The molecule has 2 unspecified atom stereocenters. The predicted octanol–water partition coefficient (Wildman–Crippen LogP) is 1.96. The summed E-state index contributed by atoms with van der Waals surface area (Å²) in [6, 6.07) is 0. The molecular formula is C11H22O3Si.